The molecule has 2 aromatic rings. The number of benzene rings is 1. The second-order valence-electron chi connectivity index (χ2n) is 8.69. The van der Waals surface area contributed by atoms with Crippen LogP contribution in [-0.2, 0) is 4.74 Å². The van der Waals surface area contributed by atoms with Crippen molar-refractivity contribution in [3.05, 3.63) is 58.0 Å². The molecule has 1 fully saturated rings. The second kappa shape index (κ2) is 9.60. The van der Waals surface area contributed by atoms with E-state index in [1.807, 2.05) is 51.1 Å². The number of halogens is 1. The van der Waals surface area contributed by atoms with Crippen LogP contribution >= 0.6 is 11.3 Å². The van der Waals surface area contributed by atoms with E-state index in [-0.39, 0.29) is 23.2 Å². The Morgan fingerprint density at radius 2 is 1.83 bits per heavy atom. The maximum Gasteiger partial charge on any atom is 0.410 e. The van der Waals surface area contributed by atoms with Gasteiger partial charge in [0.25, 0.3) is 5.91 Å². The van der Waals surface area contributed by atoms with Gasteiger partial charge in [-0.1, -0.05) is 30.3 Å². The summed E-state index contributed by atoms with van der Waals surface area (Å²) in [5, 5.41) is 2.71. The number of ether oxygens (including phenoxy) is 1. The van der Waals surface area contributed by atoms with Gasteiger partial charge in [-0.05, 0) is 63.6 Å². The fraction of sp³-hybridized carbons (Fsp3) is 0.478. The molecule has 162 valence electrons. The zero-order valence-electron chi connectivity index (χ0n) is 17.7. The Kier molecular flexibility index (Phi) is 7.13. The maximum absolute atomic E-state index is 13.3. The molecule has 1 N–H and O–H groups in total. The first kappa shape index (κ1) is 22.3. The van der Waals surface area contributed by atoms with Gasteiger partial charge < -0.3 is 15.0 Å². The Morgan fingerprint density at radius 1 is 1.17 bits per heavy atom. The Labute approximate surface area is 181 Å². The molecule has 0 bridgehead atoms. The van der Waals surface area contributed by atoms with Gasteiger partial charge in [0.2, 0.25) is 0 Å². The number of piperidine rings is 1. The van der Waals surface area contributed by atoms with Gasteiger partial charge in [-0.15, -0.1) is 11.3 Å². The maximum atomic E-state index is 13.3. The minimum absolute atomic E-state index is 0.165. The molecule has 0 saturated carbocycles. The Hall–Kier alpha value is -2.41. The van der Waals surface area contributed by atoms with E-state index in [9.17, 15) is 14.0 Å². The van der Waals surface area contributed by atoms with E-state index in [2.05, 4.69) is 5.32 Å². The van der Waals surface area contributed by atoms with Crippen molar-refractivity contribution in [1.82, 2.24) is 10.2 Å². The molecule has 1 atom stereocenters. The normalized spacial score (nSPS) is 16.2. The van der Waals surface area contributed by atoms with Crippen molar-refractivity contribution in [2.75, 3.05) is 13.1 Å². The fourth-order valence-corrected chi connectivity index (χ4v) is 4.27. The average molecular weight is 433 g/mol. The summed E-state index contributed by atoms with van der Waals surface area (Å²) >= 11 is 0.850. The number of likely N-dealkylation sites (tertiary alicyclic amines) is 1. The number of hydrogen-bond acceptors (Lipinski definition) is 4. The van der Waals surface area contributed by atoms with Gasteiger partial charge in [-0.25, -0.2) is 4.79 Å². The minimum Gasteiger partial charge on any atom is -0.444 e. The van der Waals surface area contributed by atoms with Gasteiger partial charge in [0.05, 0.1) is 10.9 Å². The summed E-state index contributed by atoms with van der Waals surface area (Å²) < 4.78 is 18.8. The molecule has 1 aromatic heterocycles. The lowest BCUT2D eigenvalue weighted by molar-refractivity contribution is 0.0178. The van der Waals surface area contributed by atoms with Gasteiger partial charge in [-0.3, -0.25) is 4.79 Å². The van der Waals surface area contributed by atoms with Gasteiger partial charge >= 0.3 is 6.09 Å². The highest BCUT2D eigenvalue weighted by Crippen LogP contribution is 2.30. The molecule has 1 saturated heterocycles. The molecule has 30 heavy (non-hydrogen) atoms. The van der Waals surface area contributed by atoms with Crippen LogP contribution in [0, 0.1) is 11.0 Å². The molecule has 3 rings (SSSR count). The summed E-state index contributed by atoms with van der Waals surface area (Å²) in [6.45, 7) is 6.88. The fourth-order valence-electron chi connectivity index (χ4n) is 3.64. The van der Waals surface area contributed by atoms with E-state index in [4.69, 9.17) is 4.74 Å². The van der Waals surface area contributed by atoms with Crippen molar-refractivity contribution in [2.24, 2.45) is 5.92 Å². The van der Waals surface area contributed by atoms with Crippen molar-refractivity contribution in [1.29, 1.82) is 0 Å². The van der Waals surface area contributed by atoms with Crippen LogP contribution < -0.4 is 5.32 Å². The standard InChI is InChI=1S/C23H29FN2O3S/c1-23(2,3)29-22(28)26-13-11-16(12-14-26)15-18(17-7-5-4-6-8-17)25-21(27)19-9-10-20(24)30-19/h4-10,16,18H,11-15H2,1-3H3,(H,25,27). The van der Waals surface area contributed by atoms with E-state index in [1.165, 1.54) is 12.1 Å². The van der Waals surface area contributed by atoms with Crippen LogP contribution in [-0.4, -0.2) is 35.6 Å². The minimum atomic E-state index is -0.502. The molecule has 2 amide bonds. The molecule has 1 unspecified atom stereocenters. The number of carbonyl (C=O) groups is 2. The SMILES string of the molecule is CC(C)(C)OC(=O)N1CCC(CC(NC(=O)c2ccc(F)s2)c2ccccc2)CC1. The number of carbonyl (C=O) groups excluding carboxylic acids is 2. The van der Waals surface area contributed by atoms with E-state index in [0.29, 0.717) is 23.9 Å². The lowest BCUT2D eigenvalue weighted by Gasteiger charge is -2.35. The highest BCUT2D eigenvalue weighted by molar-refractivity contribution is 7.12. The molecular formula is C23H29FN2O3S. The monoisotopic (exact) mass is 432 g/mol. The third kappa shape index (κ3) is 6.29. The Balaban J connectivity index is 1.62. The third-order valence-corrected chi connectivity index (χ3v) is 6.01. The number of hydrogen-bond donors (Lipinski definition) is 1. The first-order chi connectivity index (χ1) is 14.2. The summed E-state index contributed by atoms with van der Waals surface area (Å²) in [6.07, 6.45) is 2.21. The predicted molar refractivity (Wildman–Crippen MR) is 116 cm³/mol. The second-order valence-corrected chi connectivity index (χ2v) is 9.72. The summed E-state index contributed by atoms with van der Waals surface area (Å²) in [7, 11) is 0. The number of nitrogens with one attached hydrogen (secondary N) is 1. The van der Waals surface area contributed by atoms with Crippen LogP contribution in [0.3, 0.4) is 0 Å². The van der Waals surface area contributed by atoms with Crippen LogP contribution in [0.15, 0.2) is 42.5 Å². The van der Waals surface area contributed by atoms with E-state index in [0.717, 1.165) is 36.2 Å². The van der Waals surface area contributed by atoms with E-state index in [1.54, 1.807) is 4.90 Å². The summed E-state index contributed by atoms with van der Waals surface area (Å²) in [4.78, 5) is 27.0. The lowest BCUT2D eigenvalue weighted by atomic mass is 9.87. The lowest BCUT2D eigenvalue weighted by Crippen LogP contribution is -2.42. The van der Waals surface area contributed by atoms with Crippen LogP contribution in [0.25, 0.3) is 0 Å². The molecule has 1 aromatic carbocycles. The van der Waals surface area contributed by atoms with Crippen molar-refractivity contribution >= 4 is 23.3 Å². The first-order valence-corrected chi connectivity index (χ1v) is 11.1. The molecular weight excluding hydrogens is 403 g/mol. The van der Waals surface area contributed by atoms with Crippen LogP contribution in [0.2, 0.25) is 0 Å². The zero-order valence-corrected chi connectivity index (χ0v) is 18.5. The third-order valence-electron chi connectivity index (χ3n) is 5.14. The van der Waals surface area contributed by atoms with Crippen molar-refractivity contribution in [3.8, 4) is 0 Å². The zero-order chi connectivity index (χ0) is 21.7. The summed E-state index contributed by atoms with van der Waals surface area (Å²) in [5.74, 6) is 0.109. The van der Waals surface area contributed by atoms with Crippen LogP contribution in [0.4, 0.5) is 9.18 Å². The van der Waals surface area contributed by atoms with Crippen LogP contribution in [0.1, 0.15) is 61.3 Å². The molecule has 7 heteroatoms. The Bertz CT molecular complexity index is 855. The first-order valence-electron chi connectivity index (χ1n) is 10.3. The molecule has 1 aliphatic rings. The smallest absolute Gasteiger partial charge is 0.410 e. The van der Waals surface area contributed by atoms with Crippen molar-refractivity contribution in [2.45, 2.75) is 51.7 Å². The summed E-state index contributed by atoms with van der Waals surface area (Å²) in [5.41, 5.74) is 0.523. The van der Waals surface area contributed by atoms with Crippen LogP contribution in [0.5, 0.6) is 0 Å². The largest absolute Gasteiger partial charge is 0.444 e. The molecule has 0 radical (unpaired) electrons. The highest BCUT2D eigenvalue weighted by atomic mass is 32.1. The van der Waals surface area contributed by atoms with Gasteiger partial charge in [-0.2, -0.15) is 4.39 Å². The van der Waals surface area contributed by atoms with E-state index >= 15 is 0 Å². The van der Waals surface area contributed by atoms with Gasteiger partial charge in [0.1, 0.15) is 5.60 Å². The average Bonchev–Trinajstić information content (AvgIpc) is 3.14. The van der Waals surface area contributed by atoms with Gasteiger partial charge in [0, 0.05) is 13.1 Å². The predicted octanol–water partition coefficient (Wildman–Crippen LogP) is 5.40. The highest BCUT2D eigenvalue weighted by Gasteiger charge is 2.29. The Morgan fingerprint density at radius 3 is 2.40 bits per heavy atom. The molecule has 2 heterocycles. The molecule has 0 aliphatic carbocycles. The molecule has 1 aliphatic heterocycles. The van der Waals surface area contributed by atoms with Crippen molar-refractivity contribution < 1.29 is 18.7 Å². The number of thiophene rings is 1. The van der Waals surface area contributed by atoms with Crippen molar-refractivity contribution in [3.63, 3.8) is 0 Å². The van der Waals surface area contributed by atoms with E-state index < -0.39 is 5.60 Å². The summed E-state index contributed by atoms with van der Waals surface area (Å²) in [6, 6.07) is 12.5. The number of amides is 2. The topological polar surface area (TPSA) is 58.6 Å². The van der Waals surface area contributed by atoms with Gasteiger partial charge in [0.15, 0.2) is 5.13 Å². The quantitative estimate of drug-likeness (QED) is 0.689. The molecule has 5 nitrogen and oxygen atoms in total. The number of nitrogens with zero attached hydrogens (tertiary/aromatic N) is 1. The molecule has 0 spiro atoms. The number of rotatable bonds is 5.